The van der Waals surface area contributed by atoms with Crippen LogP contribution in [0.4, 0.5) is 5.69 Å². The highest BCUT2D eigenvalue weighted by Gasteiger charge is 2.34. The van der Waals surface area contributed by atoms with Crippen LogP contribution >= 0.6 is 0 Å². The lowest BCUT2D eigenvalue weighted by atomic mass is 9.55. The highest BCUT2D eigenvalue weighted by atomic mass is 16.3. The maximum atomic E-state index is 5.85. The molecule has 0 saturated heterocycles. The predicted molar refractivity (Wildman–Crippen MR) is 89.2 cm³/mol. The number of pyridine rings is 2. The van der Waals surface area contributed by atoms with E-state index in [-0.39, 0.29) is 6.85 Å². The van der Waals surface area contributed by atoms with Crippen molar-refractivity contribution in [2.45, 2.75) is 6.92 Å². The zero-order valence-electron chi connectivity index (χ0n) is 12.9. The molecule has 0 fully saturated rings. The molecule has 0 atom stereocenters. The fraction of sp³-hybridized carbons (Fsp3) is 0.176. The number of hydrogen-bond acceptors (Lipinski definition) is 3. The number of fused-ring (bicyclic) bond motifs is 3. The summed E-state index contributed by atoms with van der Waals surface area (Å²) in [5, 5.41) is 1.06. The summed E-state index contributed by atoms with van der Waals surface area (Å²) in [5.74, 6) is 3.06. The number of furan rings is 1. The van der Waals surface area contributed by atoms with Gasteiger partial charge in [-0.05, 0) is 37.7 Å². The Morgan fingerprint density at radius 3 is 3.05 bits per heavy atom. The van der Waals surface area contributed by atoms with Crippen molar-refractivity contribution >= 4 is 35.3 Å². The average molecular weight is 290 g/mol. The van der Waals surface area contributed by atoms with Gasteiger partial charge in [-0.15, -0.1) is 0 Å². The largest absolute Gasteiger partial charge is 0.436 e. The van der Waals surface area contributed by atoms with Gasteiger partial charge in [-0.2, -0.15) is 0 Å². The molecule has 0 spiro atoms. The van der Waals surface area contributed by atoms with Gasteiger partial charge in [0.05, 0.1) is 11.1 Å². The zero-order valence-corrected chi connectivity index (χ0v) is 12.9. The van der Waals surface area contributed by atoms with E-state index in [1.807, 2.05) is 6.07 Å². The Balaban J connectivity index is 1.88. The molecular formula is C17H17BN3O+. The van der Waals surface area contributed by atoms with Gasteiger partial charge in [-0.3, -0.25) is 0 Å². The van der Waals surface area contributed by atoms with Gasteiger partial charge in [0, 0.05) is 18.3 Å². The molecule has 22 heavy (non-hydrogen) atoms. The maximum Gasteiger partial charge on any atom is 0.396 e. The molecule has 3 aromatic heterocycles. The van der Waals surface area contributed by atoms with Crippen molar-refractivity contribution < 1.29 is 8.98 Å². The lowest BCUT2D eigenvalue weighted by Crippen LogP contribution is -2.60. The summed E-state index contributed by atoms with van der Waals surface area (Å²) in [7, 11) is 4.19. The van der Waals surface area contributed by atoms with E-state index >= 15 is 0 Å². The molecule has 3 aromatic rings. The average Bonchev–Trinajstić information content (AvgIpc) is 2.90. The molecule has 0 N–H and O–H groups in total. The number of aromatic nitrogens is 2. The minimum atomic E-state index is 0.179. The molecule has 0 unspecified atom stereocenters. The van der Waals surface area contributed by atoms with Crippen molar-refractivity contribution in [1.29, 1.82) is 0 Å². The number of rotatable bonds is 1. The van der Waals surface area contributed by atoms with Crippen LogP contribution in [0, 0.1) is 6.92 Å². The van der Waals surface area contributed by atoms with Gasteiger partial charge in [-0.1, -0.05) is 5.98 Å². The van der Waals surface area contributed by atoms with Crippen LogP contribution in [0.2, 0.25) is 0 Å². The molecular weight excluding hydrogens is 273 g/mol. The summed E-state index contributed by atoms with van der Waals surface area (Å²) < 4.78 is 8.02. The Bertz CT molecular complexity index is 900. The van der Waals surface area contributed by atoms with Crippen LogP contribution in [0.3, 0.4) is 0 Å². The van der Waals surface area contributed by atoms with Gasteiger partial charge in [0.25, 0.3) is 0 Å². The Hall–Kier alpha value is -2.56. The molecule has 0 saturated carbocycles. The third-order valence-electron chi connectivity index (χ3n) is 4.31. The van der Waals surface area contributed by atoms with E-state index in [0.29, 0.717) is 5.71 Å². The fourth-order valence-corrected chi connectivity index (χ4v) is 3.15. The molecule has 0 aromatic carbocycles. The molecule has 4 nitrogen and oxygen atoms in total. The van der Waals surface area contributed by atoms with Gasteiger partial charge in [0.1, 0.15) is 7.05 Å². The molecule has 4 rings (SSSR count). The molecule has 108 valence electrons. The molecule has 4 heterocycles. The van der Waals surface area contributed by atoms with Crippen molar-refractivity contribution in [1.82, 2.24) is 4.98 Å². The van der Waals surface area contributed by atoms with E-state index in [0.717, 1.165) is 16.8 Å². The standard InChI is InChI=1S/C17H17BN3O/c1-12-7-10-20(2)15(11-12)18-8-6-14-16(21(18)3)13-5-4-9-19-17(13)22-14/h4-11H,1-3H3/q+1. The highest BCUT2D eigenvalue weighted by Crippen LogP contribution is 2.35. The van der Waals surface area contributed by atoms with E-state index in [1.165, 1.54) is 11.2 Å². The molecule has 1 aliphatic rings. The van der Waals surface area contributed by atoms with Crippen molar-refractivity contribution in [2.75, 3.05) is 11.9 Å². The Labute approximate surface area is 129 Å². The monoisotopic (exact) mass is 290 g/mol. The highest BCUT2D eigenvalue weighted by molar-refractivity contribution is 6.81. The van der Waals surface area contributed by atoms with Gasteiger partial charge >= 0.3 is 6.85 Å². The zero-order chi connectivity index (χ0) is 15.3. The van der Waals surface area contributed by atoms with Crippen LogP contribution in [-0.2, 0) is 7.05 Å². The van der Waals surface area contributed by atoms with E-state index in [2.05, 4.69) is 71.8 Å². The first-order valence-corrected chi connectivity index (χ1v) is 7.40. The minimum absolute atomic E-state index is 0.179. The van der Waals surface area contributed by atoms with Gasteiger partial charge in [0.2, 0.25) is 5.71 Å². The number of anilines is 1. The Kier molecular flexibility index (Phi) is 2.82. The molecule has 5 heteroatoms. The minimum Gasteiger partial charge on any atom is -0.436 e. The Morgan fingerprint density at radius 1 is 1.32 bits per heavy atom. The third kappa shape index (κ3) is 1.85. The fourth-order valence-electron chi connectivity index (χ4n) is 3.15. The van der Waals surface area contributed by atoms with Crippen LogP contribution in [0.25, 0.3) is 17.2 Å². The molecule has 0 bridgehead atoms. The van der Waals surface area contributed by atoms with Gasteiger partial charge < -0.3 is 9.23 Å². The van der Waals surface area contributed by atoms with E-state index < -0.39 is 0 Å². The summed E-state index contributed by atoms with van der Waals surface area (Å²) >= 11 is 0. The first-order valence-electron chi connectivity index (χ1n) is 7.40. The Morgan fingerprint density at radius 2 is 2.18 bits per heavy atom. The smallest absolute Gasteiger partial charge is 0.396 e. The summed E-state index contributed by atoms with van der Waals surface area (Å²) in [5.41, 5.74) is 4.32. The van der Waals surface area contributed by atoms with E-state index in [9.17, 15) is 0 Å². The summed E-state index contributed by atoms with van der Waals surface area (Å²) in [6.07, 6.45) is 5.93. The van der Waals surface area contributed by atoms with Gasteiger partial charge in [0.15, 0.2) is 17.6 Å². The van der Waals surface area contributed by atoms with Crippen molar-refractivity contribution in [2.24, 2.45) is 7.05 Å². The quantitative estimate of drug-likeness (QED) is 0.506. The molecule has 0 aliphatic carbocycles. The van der Waals surface area contributed by atoms with Crippen LogP contribution in [0.5, 0.6) is 0 Å². The summed E-state index contributed by atoms with van der Waals surface area (Å²) in [4.78, 5) is 6.58. The first kappa shape index (κ1) is 13.1. The molecule has 1 aliphatic heterocycles. The van der Waals surface area contributed by atoms with E-state index in [4.69, 9.17) is 4.42 Å². The van der Waals surface area contributed by atoms with Crippen LogP contribution in [0.15, 0.2) is 47.1 Å². The molecule has 0 amide bonds. The summed E-state index contributed by atoms with van der Waals surface area (Å²) in [6.45, 7) is 2.30. The second kappa shape index (κ2) is 4.73. The SMILES string of the molecule is Cc1cc[n+](C)c(B2C=Cc3oc4ncccc4c3N2C)c1. The van der Waals surface area contributed by atoms with Crippen LogP contribution in [0.1, 0.15) is 11.3 Å². The molecule has 0 radical (unpaired) electrons. The predicted octanol–water partition coefficient (Wildman–Crippen LogP) is 1.86. The van der Waals surface area contributed by atoms with Crippen LogP contribution < -0.4 is 15.0 Å². The second-order valence-corrected chi connectivity index (χ2v) is 5.83. The topological polar surface area (TPSA) is 33.1 Å². The number of nitrogens with zero attached hydrogens (tertiary/aromatic N) is 3. The normalized spacial score (nSPS) is 13.8. The lowest BCUT2D eigenvalue weighted by molar-refractivity contribution is -0.654. The number of hydrogen-bond donors (Lipinski definition) is 0. The third-order valence-corrected chi connectivity index (χ3v) is 4.31. The van der Waals surface area contributed by atoms with Crippen molar-refractivity contribution in [3.8, 4) is 0 Å². The lowest BCUT2D eigenvalue weighted by Gasteiger charge is -2.25. The summed E-state index contributed by atoms with van der Waals surface area (Å²) in [6, 6.07) is 8.37. The van der Waals surface area contributed by atoms with Crippen molar-refractivity contribution in [3.05, 3.63) is 54.0 Å². The van der Waals surface area contributed by atoms with Crippen LogP contribution in [-0.4, -0.2) is 18.9 Å². The van der Waals surface area contributed by atoms with Gasteiger partial charge in [-0.25, -0.2) is 9.55 Å². The van der Waals surface area contributed by atoms with E-state index in [1.54, 1.807) is 6.20 Å². The van der Waals surface area contributed by atoms with Crippen molar-refractivity contribution in [3.63, 3.8) is 0 Å². The maximum absolute atomic E-state index is 5.85. The number of aryl methyl sites for hydroxylation is 2. The second-order valence-electron chi connectivity index (χ2n) is 5.83. The first-order chi connectivity index (χ1) is 10.6.